The molecular weight excluding hydrogens is 573 g/mol. The Kier molecular flexibility index (Phi) is 11.6. The lowest BCUT2D eigenvalue weighted by molar-refractivity contribution is -0.149. The van der Waals surface area contributed by atoms with Crippen LogP contribution < -0.4 is 0 Å². The van der Waals surface area contributed by atoms with Gasteiger partial charge in [0.1, 0.15) is 11.9 Å². The quantitative estimate of drug-likeness (QED) is 0.0483. The van der Waals surface area contributed by atoms with Crippen LogP contribution in [0.15, 0.2) is 36.6 Å². The Morgan fingerprint density at radius 1 is 1.12 bits per heavy atom. The maximum absolute atomic E-state index is 13.2. The van der Waals surface area contributed by atoms with Crippen molar-refractivity contribution in [2.75, 3.05) is 6.61 Å². The topological polar surface area (TPSA) is 78.9 Å². The SMILES string of the molecule is C=CC[C@@H](OC(=O)C(=C)CO[Si](C(C)C)(C(C)C)C(C)C)[C@@H](C)[C@H]1CC[C@H]2CC(OS(=O)(=O)C(F)(F)F)=CC[C@@]21C. The fraction of sp³-hybridized carbons (Fsp3) is 0.767. The van der Waals surface area contributed by atoms with E-state index in [0.717, 1.165) is 6.42 Å². The van der Waals surface area contributed by atoms with E-state index in [9.17, 15) is 26.4 Å². The molecule has 0 unspecified atom stereocenters. The lowest BCUT2D eigenvalue weighted by Gasteiger charge is -2.43. The Morgan fingerprint density at radius 3 is 2.17 bits per heavy atom. The van der Waals surface area contributed by atoms with Gasteiger partial charge in [-0.1, -0.05) is 68.0 Å². The van der Waals surface area contributed by atoms with Crippen LogP contribution in [0.5, 0.6) is 0 Å². The average molecular weight is 623 g/mol. The Bertz CT molecular complexity index is 1080. The van der Waals surface area contributed by atoms with Gasteiger partial charge in [-0.25, -0.2) is 4.79 Å². The molecule has 0 aromatic rings. The first-order valence-electron chi connectivity index (χ1n) is 14.6. The molecule has 0 heterocycles. The zero-order valence-corrected chi connectivity index (χ0v) is 27.7. The molecule has 0 aliphatic heterocycles. The van der Waals surface area contributed by atoms with Gasteiger partial charge >= 0.3 is 21.6 Å². The summed E-state index contributed by atoms with van der Waals surface area (Å²) >= 11 is 0. The molecule has 1 saturated carbocycles. The third-order valence-electron chi connectivity index (χ3n) is 9.69. The number of hydrogen-bond acceptors (Lipinski definition) is 6. The lowest BCUT2D eigenvalue weighted by atomic mass is 9.63. The molecule has 0 N–H and O–H groups in total. The van der Waals surface area contributed by atoms with Crippen molar-refractivity contribution in [3.05, 3.63) is 36.6 Å². The standard InChI is InChI=1S/C30H49F3O6SSi/c1-11-12-27(38-28(34)22(8)18-37-41(19(2)3,20(4)5)21(6)7)23(9)26-14-13-24-17-25(15-16-29(24,26)10)39-40(35,36)30(31,32)33/h11,15,19-21,23-24,26-27H,1,8,12-14,16-18H2,2-7,9-10H3/t23-,24-,26+,27+,29-/m0/s1. The average Bonchev–Trinajstić information content (AvgIpc) is 3.18. The van der Waals surface area contributed by atoms with E-state index in [0.29, 0.717) is 35.9 Å². The summed E-state index contributed by atoms with van der Waals surface area (Å²) in [5, 5.41) is 0. The number of ether oxygens (including phenoxy) is 1. The summed E-state index contributed by atoms with van der Waals surface area (Å²) in [6.45, 7) is 25.1. The lowest BCUT2D eigenvalue weighted by Crippen LogP contribution is -2.48. The predicted octanol–water partition coefficient (Wildman–Crippen LogP) is 8.44. The molecule has 6 nitrogen and oxygen atoms in total. The normalized spacial score (nSPS) is 25.1. The number of fused-ring (bicyclic) bond motifs is 1. The van der Waals surface area contributed by atoms with E-state index >= 15 is 0 Å². The molecule has 1 fully saturated rings. The maximum Gasteiger partial charge on any atom is 0.534 e. The van der Waals surface area contributed by atoms with Crippen molar-refractivity contribution in [2.45, 2.75) is 116 Å². The first kappa shape index (κ1) is 35.6. The minimum Gasteiger partial charge on any atom is -0.458 e. The number of esters is 1. The summed E-state index contributed by atoms with van der Waals surface area (Å²) in [5.74, 6) is -0.699. The van der Waals surface area contributed by atoms with Crippen molar-refractivity contribution >= 4 is 24.4 Å². The largest absolute Gasteiger partial charge is 0.534 e. The van der Waals surface area contributed by atoms with Crippen LogP contribution in [0.4, 0.5) is 13.2 Å². The third kappa shape index (κ3) is 7.50. The molecule has 0 spiro atoms. The molecular formula is C30H49F3O6SSi. The van der Waals surface area contributed by atoms with E-state index in [1.165, 1.54) is 6.08 Å². The highest BCUT2D eigenvalue weighted by atomic mass is 32.2. The van der Waals surface area contributed by atoms with Crippen molar-refractivity contribution in [1.29, 1.82) is 0 Å². The van der Waals surface area contributed by atoms with Crippen LogP contribution in [0.25, 0.3) is 0 Å². The Morgan fingerprint density at radius 2 is 1.68 bits per heavy atom. The zero-order chi connectivity index (χ0) is 31.6. The van der Waals surface area contributed by atoms with E-state index < -0.39 is 36.0 Å². The fourth-order valence-electron chi connectivity index (χ4n) is 7.56. The van der Waals surface area contributed by atoms with Crippen molar-refractivity contribution in [2.24, 2.45) is 23.2 Å². The molecule has 2 rings (SSSR count). The van der Waals surface area contributed by atoms with Crippen molar-refractivity contribution in [3.63, 3.8) is 0 Å². The van der Waals surface area contributed by atoms with Gasteiger partial charge in [-0.05, 0) is 65.1 Å². The second-order valence-electron chi connectivity index (χ2n) is 13.0. The van der Waals surface area contributed by atoms with Gasteiger partial charge < -0.3 is 13.3 Å². The number of alkyl halides is 3. The number of halogens is 3. The molecule has 41 heavy (non-hydrogen) atoms. The molecule has 2 aliphatic carbocycles. The molecule has 2 aliphatic rings. The number of rotatable bonds is 14. The van der Waals surface area contributed by atoms with Gasteiger partial charge in [-0.3, -0.25) is 0 Å². The van der Waals surface area contributed by atoms with Crippen LogP contribution in [-0.4, -0.2) is 40.9 Å². The van der Waals surface area contributed by atoms with Crippen LogP contribution in [0.3, 0.4) is 0 Å². The number of allylic oxidation sites excluding steroid dienone is 2. The second kappa shape index (κ2) is 13.4. The van der Waals surface area contributed by atoms with Gasteiger partial charge in [0, 0.05) is 12.8 Å². The summed E-state index contributed by atoms with van der Waals surface area (Å²) in [5.41, 5.74) is -4.43. The van der Waals surface area contributed by atoms with Crippen LogP contribution in [0.1, 0.15) is 87.5 Å². The molecule has 5 atom stereocenters. The third-order valence-corrected chi connectivity index (χ3v) is 16.8. The number of hydrogen-bond donors (Lipinski definition) is 0. The molecule has 0 amide bonds. The smallest absolute Gasteiger partial charge is 0.458 e. The Hall–Kier alpha value is -1.59. The highest BCUT2D eigenvalue weighted by Crippen LogP contribution is 2.58. The number of carbonyl (C=O) groups is 1. The molecule has 0 radical (unpaired) electrons. The molecule has 0 aromatic carbocycles. The summed E-state index contributed by atoms with van der Waals surface area (Å²) < 4.78 is 78.5. The minimum absolute atomic E-state index is 0.0528. The van der Waals surface area contributed by atoms with E-state index in [2.05, 4.69) is 65.8 Å². The maximum atomic E-state index is 13.2. The van der Waals surface area contributed by atoms with Gasteiger partial charge in [0.25, 0.3) is 0 Å². The highest BCUT2D eigenvalue weighted by molar-refractivity contribution is 7.87. The van der Waals surface area contributed by atoms with Gasteiger partial charge in [0.15, 0.2) is 0 Å². The molecule has 236 valence electrons. The summed E-state index contributed by atoms with van der Waals surface area (Å²) in [6, 6.07) is 0. The first-order chi connectivity index (χ1) is 18.7. The van der Waals surface area contributed by atoms with E-state index in [-0.39, 0.29) is 47.5 Å². The van der Waals surface area contributed by atoms with Crippen LogP contribution >= 0.6 is 0 Å². The second-order valence-corrected chi connectivity index (χ2v) is 20.0. The first-order valence-corrected chi connectivity index (χ1v) is 18.1. The summed E-state index contributed by atoms with van der Waals surface area (Å²) in [7, 11) is -7.90. The van der Waals surface area contributed by atoms with E-state index in [1.54, 1.807) is 6.08 Å². The van der Waals surface area contributed by atoms with Crippen LogP contribution in [-0.2, 0) is 28.3 Å². The van der Waals surface area contributed by atoms with Gasteiger partial charge in [-0.2, -0.15) is 21.6 Å². The predicted molar refractivity (Wildman–Crippen MR) is 158 cm³/mol. The molecule has 0 saturated heterocycles. The number of carbonyl (C=O) groups excluding carboxylic acids is 1. The van der Waals surface area contributed by atoms with Crippen LogP contribution in [0, 0.1) is 23.2 Å². The fourth-order valence-corrected chi connectivity index (χ4v) is 13.5. The van der Waals surface area contributed by atoms with Gasteiger partial charge in [-0.15, -0.1) is 6.58 Å². The minimum atomic E-state index is -5.70. The van der Waals surface area contributed by atoms with Crippen molar-refractivity contribution in [3.8, 4) is 0 Å². The highest BCUT2D eigenvalue weighted by Gasteiger charge is 2.53. The molecule has 11 heteroatoms. The van der Waals surface area contributed by atoms with E-state index in [4.69, 9.17) is 9.16 Å². The Labute approximate surface area is 246 Å². The summed E-state index contributed by atoms with van der Waals surface area (Å²) in [4.78, 5) is 13.2. The summed E-state index contributed by atoms with van der Waals surface area (Å²) in [6.07, 6.45) is 5.12. The Balaban J connectivity index is 2.14. The van der Waals surface area contributed by atoms with Gasteiger partial charge in [0.2, 0.25) is 8.32 Å². The zero-order valence-electron chi connectivity index (χ0n) is 25.8. The van der Waals surface area contributed by atoms with Gasteiger partial charge in [0.05, 0.1) is 12.2 Å². The van der Waals surface area contributed by atoms with E-state index in [1.807, 2.05) is 6.92 Å². The van der Waals surface area contributed by atoms with Crippen molar-refractivity contribution < 1.29 is 39.7 Å². The molecule has 0 aromatic heterocycles. The molecule has 0 bridgehead atoms. The monoisotopic (exact) mass is 622 g/mol. The van der Waals surface area contributed by atoms with Crippen LogP contribution in [0.2, 0.25) is 16.6 Å². The van der Waals surface area contributed by atoms with Crippen molar-refractivity contribution in [1.82, 2.24) is 0 Å².